The van der Waals surface area contributed by atoms with Crippen molar-refractivity contribution >= 4 is 27.3 Å². The fourth-order valence-electron chi connectivity index (χ4n) is 1.47. The van der Waals surface area contributed by atoms with Gasteiger partial charge in [-0.3, -0.25) is 4.79 Å². The minimum Gasteiger partial charge on any atom is -0.398 e. The number of nitrogen functional groups attached to an aromatic ring is 1. The minimum atomic E-state index is -3.83. The Bertz CT molecular complexity index is 584. The minimum absolute atomic E-state index is 0.0594. The number of sulfonamides is 1. The Morgan fingerprint density at radius 1 is 1.26 bits per heavy atom. The molecule has 0 aliphatic heterocycles. The summed E-state index contributed by atoms with van der Waals surface area (Å²) in [5.41, 5.74) is 6.35. The maximum absolute atomic E-state index is 11.6. The van der Waals surface area contributed by atoms with Crippen LogP contribution in [0.3, 0.4) is 0 Å². The Kier molecular flexibility index (Phi) is 4.38. The molecule has 0 radical (unpaired) electrons. The number of anilines is 2. The molecule has 19 heavy (non-hydrogen) atoms. The fourth-order valence-corrected chi connectivity index (χ4v) is 2.11. The van der Waals surface area contributed by atoms with E-state index < -0.39 is 10.0 Å². The number of hydrogen-bond donors (Lipinski definition) is 2. The molecule has 4 N–H and O–H groups in total. The molecule has 0 aliphatic carbocycles. The second kappa shape index (κ2) is 5.45. The largest absolute Gasteiger partial charge is 0.398 e. The van der Waals surface area contributed by atoms with E-state index in [1.54, 1.807) is 32.1 Å². The topological polar surface area (TPSA) is 110 Å². The van der Waals surface area contributed by atoms with Crippen molar-refractivity contribution in [2.24, 2.45) is 5.14 Å². The van der Waals surface area contributed by atoms with E-state index >= 15 is 0 Å². The summed E-state index contributed by atoms with van der Waals surface area (Å²) in [6.07, 6.45) is 0. The smallest absolute Gasteiger partial charge is 0.241 e. The van der Waals surface area contributed by atoms with Crippen molar-refractivity contribution in [2.45, 2.75) is 4.90 Å². The first kappa shape index (κ1) is 15.3. The number of carbonyl (C=O) groups is 1. The van der Waals surface area contributed by atoms with E-state index in [0.717, 1.165) is 0 Å². The number of hydrogen-bond acceptors (Lipinski definition) is 5. The number of nitrogens with two attached hydrogens (primary N) is 2. The SMILES string of the molecule is CN(C)C(=O)CN(C)c1ccc(S(N)(=O)=O)c(N)c1. The number of carbonyl (C=O) groups excluding carboxylic acids is 1. The lowest BCUT2D eigenvalue weighted by Gasteiger charge is -2.21. The summed E-state index contributed by atoms with van der Waals surface area (Å²) in [7, 11) is 1.21. The molecule has 0 bridgehead atoms. The second-order valence-electron chi connectivity index (χ2n) is 4.41. The van der Waals surface area contributed by atoms with Gasteiger partial charge in [0.2, 0.25) is 15.9 Å². The van der Waals surface area contributed by atoms with Gasteiger partial charge in [-0.15, -0.1) is 0 Å². The third-order valence-corrected chi connectivity index (χ3v) is 3.60. The number of likely N-dealkylation sites (N-methyl/N-ethyl adjacent to an activating group) is 2. The quantitative estimate of drug-likeness (QED) is 0.721. The van der Waals surface area contributed by atoms with Crippen LogP contribution in [0.1, 0.15) is 0 Å². The van der Waals surface area contributed by atoms with E-state index in [1.165, 1.54) is 17.0 Å². The predicted molar refractivity (Wildman–Crippen MR) is 74.2 cm³/mol. The zero-order valence-electron chi connectivity index (χ0n) is 11.1. The molecule has 0 heterocycles. The van der Waals surface area contributed by atoms with Gasteiger partial charge in [-0.1, -0.05) is 0 Å². The van der Waals surface area contributed by atoms with Crippen LogP contribution in [0.4, 0.5) is 11.4 Å². The molecule has 1 amide bonds. The molecular weight excluding hydrogens is 268 g/mol. The molecular formula is C11H18N4O3S. The highest BCUT2D eigenvalue weighted by Crippen LogP contribution is 2.23. The third kappa shape index (κ3) is 3.83. The number of benzene rings is 1. The Hall–Kier alpha value is -1.80. The molecule has 1 rings (SSSR count). The van der Waals surface area contributed by atoms with Gasteiger partial charge in [0, 0.05) is 26.8 Å². The van der Waals surface area contributed by atoms with Crippen LogP contribution in [0.25, 0.3) is 0 Å². The van der Waals surface area contributed by atoms with Gasteiger partial charge in [-0.2, -0.15) is 0 Å². The Morgan fingerprint density at radius 2 is 1.84 bits per heavy atom. The number of nitrogens with zero attached hydrogens (tertiary/aromatic N) is 2. The zero-order valence-corrected chi connectivity index (χ0v) is 11.9. The first-order valence-electron chi connectivity index (χ1n) is 5.46. The highest BCUT2D eigenvalue weighted by molar-refractivity contribution is 7.89. The van der Waals surface area contributed by atoms with Gasteiger partial charge in [0.25, 0.3) is 0 Å². The molecule has 0 saturated carbocycles. The number of primary sulfonamides is 1. The molecule has 0 unspecified atom stereocenters. The van der Waals surface area contributed by atoms with Crippen molar-refractivity contribution in [3.05, 3.63) is 18.2 Å². The number of amides is 1. The fraction of sp³-hybridized carbons (Fsp3) is 0.364. The van der Waals surface area contributed by atoms with Crippen LogP contribution in [0.2, 0.25) is 0 Å². The lowest BCUT2D eigenvalue weighted by Crippen LogP contribution is -2.34. The lowest BCUT2D eigenvalue weighted by atomic mass is 10.2. The first-order chi connectivity index (χ1) is 8.62. The molecule has 0 aliphatic rings. The normalized spacial score (nSPS) is 11.2. The van der Waals surface area contributed by atoms with E-state index in [-0.39, 0.29) is 23.0 Å². The molecule has 0 spiro atoms. The van der Waals surface area contributed by atoms with Crippen LogP contribution in [0, 0.1) is 0 Å². The maximum Gasteiger partial charge on any atom is 0.241 e. The molecule has 0 atom stereocenters. The van der Waals surface area contributed by atoms with Crippen molar-refractivity contribution in [2.75, 3.05) is 38.3 Å². The van der Waals surface area contributed by atoms with Gasteiger partial charge >= 0.3 is 0 Å². The van der Waals surface area contributed by atoms with Crippen LogP contribution in [0.5, 0.6) is 0 Å². The van der Waals surface area contributed by atoms with Crippen LogP contribution in [-0.4, -0.2) is 46.9 Å². The van der Waals surface area contributed by atoms with E-state index in [4.69, 9.17) is 10.9 Å². The van der Waals surface area contributed by atoms with Gasteiger partial charge in [0.1, 0.15) is 4.90 Å². The van der Waals surface area contributed by atoms with Crippen molar-refractivity contribution in [1.82, 2.24) is 4.90 Å². The highest BCUT2D eigenvalue weighted by atomic mass is 32.2. The van der Waals surface area contributed by atoms with Crippen LogP contribution in [0.15, 0.2) is 23.1 Å². The second-order valence-corrected chi connectivity index (χ2v) is 5.94. The van der Waals surface area contributed by atoms with Gasteiger partial charge in [0.05, 0.1) is 12.2 Å². The van der Waals surface area contributed by atoms with Gasteiger partial charge < -0.3 is 15.5 Å². The molecule has 8 heteroatoms. The van der Waals surface area contributed by atoms with Gasteiger partial charge in [-0.25, -0.2) is 13.6 Å². The number of rotatable bonds is 4. The summed E-state index contributed by atoms with van der Waals surface area (Å²) < 4.78 is 22.5. The molecule has 1 aromatic carbocycles. The lowest BCUT2D eigenvalue weighted by molar-refractivity contribution is -0.127. The van der Waals surface area contributed by atoms with Crippen molar-refractivity contribution in [3.8, 4) is 0 Å². The monoisotopic (exact) mass is 286 g/mol. The molecule has 0 aromatic heterocycles. The van der Waals surface area contributed by atoms with E-state index in [2.05, 4.69) is 0 Å². The maximum atomic E-state index is 11.6. The molecule has 0 fully saturated rings. The summed E-state index contributed by atoms with van der Waals surface area (Å²) in [6, 6.07) is 4.36. The molecule has 0 saturated heterocycles. The summed E-state index contributed by atoms with van der Waals surface area (Å²) in [6.45, 7) is 0.168. The average molecular weight is 286 g/mol. The molecule has 7 nitrogen and oxygen atoms in total. The predicted octanol–water partition coefficient (Wildman–Crippen LogP) is -0.559. The van der Waals surface area contributed by atoms with Gasteiger partial charge in [-0.05, 0) is 18.2 Å². The first-order valence-corrected chi connectivity index (χ1v) is 7.01. The van der Waals surface area contributed by atoms with Crippen LogP contribution in [-0.2, 0) is 14.8 Å². The Balaban J connectivity index is 2.99. The standard InChI is InChI=1S/C11H18N4O3S/c1-14(2)11(16)7-15(3)8-4-5-10(9(12)6-8)19(13,17)18/h4-6H,7,12H2,1-3H3,(H2,13,17,18). The Labute approximate surface area is 112 Å². The summed E-state index contributed by atoms with van der Waals surface area (Å²) in [4.78, 5) is 14.6. The third-order valence-electron chi connectivity index (χ3n) is 2.61. The van der Waals surface area contributed by atoms with E-state index in [0.29, 0.717) is 5.69 Å². The average Bonchev–Trinajstić information content (AvgIpc) is 2.26. The Morgan fingerprint density at radius 3 is 2.26 bits per heavy atom. The molecule has 106 valence electrons. The van der Waals surface area contributed by atoms with Gasteiger partial charge in [0.15, 0.2) is 0 Å². The van der Waals surface area contributed by atoms with Crippen LogP contribution < -0.4 is 15.8 Å². The van der Waals surface area contributed by atoms with E-state index in [9.17, 15) is 13.2 Å². The van der Waals surface area contributed by atoms with Crippen molar-refractivity contribution in [1.29, 1.82) is 0 Å². The van der Waals surface area contributed by atoms with E-state index in [1.807, 2.05) is 0 Å². The molecule has 1 aromatic rings. The zero-order chi connectivity index (χ0) is 14.8. The highest BCUT2D eigenvalue weighted by Gasteiger charge is 2.15. The van der Waals surface area contributed by atoms with Crippen molar-refractivity contribution in [3.63, 3.8) is 0 Å². The summed E-state index contributed by atoms with van der Waals surface area (Å²) in [5.74, 6) is -0.0726. The van der Waals surface area contributed by atoms with Crippen molar-refractivity contribution < 1.29 is 13.2 Å². The van der Waals surface area contributed by atoms with Crippen LogP contribution >= 0.6 is 0 Å². The summed E-state index contributed by atoms with van der Waals surface area (Å²) in [5, 5.41) is 5.02. The summed E-state index contributed by atoms with van der Waals surface area (Å²) >= 11 is 0.